The summed E-state index contributed by atoms with van der Waals surface area (Å²) in [5, 5.41) is 2.82. The summed E-state index contributed by atoms with van der Waals surface area (Å²) in [5.41, 5.74) is 1.15. The lowest BCUT2D eigenvalue weighted by atomic mass is 10.00. The van der Waals surface area contributed by atoms with E-state index in [4.69, 9.17) is 9.15 Å². The van der Waals surface area contributed by atoms with Gasteiger partial charge in [-0.1, -0.05) is 44.2 Å². The number of benzene rings is 1. The van der Waals surface area contributed by atoms with E-state index in [1.165, 1.54) is 6.26 Å². The van der Waals surface area contributed by atoms with Crippen LogP contribution in [0.15, 0.2) is 53.1 Å². The highest BCUT2D eigenvalue weighted by Gasteiger charge is 2.32. The van der Waals surface area contributed by atoms with Crippen molar-refractivity contribution < 1.29 is 18.7 Å². The number of amides is 2. The molecule has 1 unspecified atom stereocenters. The number of nitrogens with zero attached hydrogens (tertiary/aromatic N) is 1. The zero-order valence-electron chi connectivity index (χ0n) is 16.5. The highest BCUT2D eigenvalue weighted by Crippen LogP contribution is 2.18. The summed E-state index contributed by atoms with van der Waals surface area (Å²) >= 11 is 0. The van der Waals surface area contributed by atoms with Gasteiger partial charge in [-0.05, 0) is 36.5 Å². The smallest absolute Gasteiger partial charge is 0.287 e. The molecule has 1 N–H and O–H groups in total. The van der Waals surface area contributed by atoms with E-state index in [9.17, 15) is 9.59 Å². The summed E-state index contributed by atoms with van der Waals surface area (Å²) in [4.78, 5) is 27.1. The Morgan fingerprint density at radius 3 is 2.46 bits per heavy atom. The molecular formula is C22H28N2O4. The average molecular weight is 384 g/mol. The fourth-order valence-corrected chi connectivity index (χ4v) is 3.36. The van der Waals surface area contributed by atoms with Crippen LogP contribution in [0.3, 0.4) is 0 Å². The lowest BCUT2D eigenvalue weighted by Gasteiger charge is -2.35. The van der Waals surface area contributed by atoms with Crippen molar-refractivity contribution in [1.82, 2.24) is 10.2 Å². The zero-order chi connectivity index (χ0) is 19.9. The Balaban J connectivity index is 1.50. The molecule has 1 aromatic heterocycles. The first-order valence-corrected chi connectivity index (χ1v) is 9.83. The summed E-state index contributed by atoms with van der Waals surface area (Å²) in [7, 11) is 0. The first kappa shape index (κ1) is 20.1. The van der Waals surface area contributed by atoms with Gasteiger partial charge in [-0.3, -0.25) is 9.59 Å². The Hall–Kier alpha value is -2.60. The number of nitrogens with one attached hydrogen (secondary N) is 1. The Morgan fingerprint density at radius 1 is 1.14 bits per heavy atom. The van der Waals surface area contributed by atoms with E-state index in [0.29, 0.717) is 19.7 Å². The van der Waals surface area contributed by atoms with Crippen LogP contribution in [-0.4, -0.2) is 41.9 Å². The molecule has 0 saturated carbocycles. The second-order valence-electron chi connectivity index (χ2n) is 7.49. The normalized spacial score (nSPS) is 16.2. The van der Waals surface area contributed by atoms with E-state index in [-0.39, 0.29) is 29.6 Å². The van der Waals surface area contributed by atoms with Crippen LogP contribution in [0.2, 0.25) is 0 Å². The summed E-state index contributed by atoms with van der Waals surface area (Å²) in [5.74, 6) is -0.209. The number of ether oxygens (including phenoxy) is 1. The van der Waals surface area contributed by atoms with Crippen LogP contribution in [-0.2, 0) is 16.1 Å². The van der Waals surface area contributed by atoms with Gasteiger partial charge in [-0.25, -0.2) is 0 Å². The molecule has 3 rings (SSSR count). The van der Waals surface area contributed by atoms with Gasteiger partial charge in [-0.15, -0.1) is 0 Å². The van der Waals surface area contributed by atoms with Crippen molar-refractivity contribution in [3.63, 3.8) is 0 Å². The van der Waals surface area contributed by atoms with E-state index >= 15 is 0 Å². The van der Waals surface area contributed by atoms with Crippen molar-refractivity contribution in [3.8, 4) is 0 Å². The monoisotopic (exact) mass is 384 g/mol. The molecular weight excluding hydrogens is 356 g/mol. The first-order valence-electron chi connectivity index (χ1n) is 9.83. The number of piperidine rings is 1. The summed E-state index contributed by atoms with van der Waals surface area (Å²) in [6, 6.07) is 12.8. The molecule has 1 aromatic carbocycles. The predicted octanol–water partition coefficient (Wildman–Crippen LogP) is 3.24. The molecule has 0 radical (unpaired) electrons. The van der Waals surface area contributed by atoms with Gasteiger partial charge >= 0.3 is 0 Å². The molecule has 2 heterocycles. The van der Waals surface area contributed by atoms with Gasteiger partial charge in [0, 0.05) is 13.1 Å². The van der Waals surface area contributed by atoms with Gasteiger partial charge in [-0.2, -0.15) is 0 Å². The number of likely N-dealkylation sites (tertiary alicyclic amines) is 1. The third-order valence-corrected chi connectivity index (χ3v) is 5.05. The zero-order valence-corrected chi connectivity index (χ0v) is 16.5. The maximum Gasteiger partial charge on any atom is 0.287 e. The second-order valence-corrected chi connectivity index (χ2v) is 7.49. The van der Waals surface area contributed by atoms with Crippen LogP contribution in [0.5, 0.6) is 0 Å². The highest BCUT2D eigenvalue weighted by molar-refractivity contribution is 5.95. The number of hydrogen-bond acceptors (Lipinski definition) is 4. The van der Waals surface area contributed by atoms with E-state index in [1.54, 1.807) is 12.1 Å². The topological polar surface area (TPSA) is 71.8 Å². The van der Waals surface area contributed by atoms with Crippen molar-refractivity contribution in [2.24, 2.45) is 5.92 Å². The molecule has 28 heavy (non-hydrogen) atoms. The lowest BCUT2D eigenvalue weighted by molar-refractivity contribution is -0.137. The van der Waals surface area contributed by atoms with Gasteiger partial charge in [0.2, 0.25) is 5.91 Å². The van der Waals surface area contributed by atoms with E-state index in [0.717, 1.165) is 18.4 Å². The number of carbonyl (C=O) groups excluding carboxylic acids is 2. The molecule has 150 valence electrons. The third kappa shape index (κ3) is 5.23. The van der Waals surface area contributed by atoms with Gasteiger partial charge in [0.05, 0.1) is 19.0 Å². The molecule has 2 aromatic rings. The van der Waals surface area contributed by atoms with Crippen molar-refractivity contribution in [2.45, 2.75) is 45.4 Å². The molecule has 0 bridgehead atoms. The van der Waals surface area contributed by atoms with Gasteiger partial charge < -0.3 is 19.4 Å². The van der Waals surface area contributed by atoms with Crippen molar-refractivity contribution in [2.75, 3.05) is 13.1 Å². The minimum Gasteiger partial charge on any atom is -0.459 e. The molecule has 2 amide bonds. The number of carbonyl (C=O) groups is 2. The van der Waals surface area contributed by atoms with Gasteiger partial charge in [0.1, 0.15) is 6.04 Å². The minimum absolute atomic E-state index is 0.0153. The van der Waals surface area contributed by atoms with Crippen LogP contribution < -0.4 is 5.32 Å². The van der Waals surface area contributed by atoms with Crippen LogP contribution in [0, 0.1) is 5.92 Å². The first-order chi connectivity index (χ1) is 13.5. The minimum atomic E-state index is -0.570. The SMILES string of the molecule is CC(C)C(NC(=O)c1ccco1)C(=O)N1CCC(OCc2ccccc2)CC1. The van der Waals surface area contributed by atoms with E-state index in [1.807, 2.05) is 49.1 Å². The van der Waals surface area contributed by atoms with E-state index < -0.39 is 6.04 Å². The number of hydrogen-bond donors (Lipinski definition) is 1. The molecule has 6 nitrogen and oxygen atoms in total. The highest BCUT2D eigenvalue weighted by atomic mass is 16.5. The molecule has 1 aliphatic heterocycles. The van der Waals surface area contributed by atoms with Crippen LogP contribution in [0.25, 0.3) is 0 Å². The summed E-state index contributed by atoms with van der Waals surface area (Å²) in [6.07, 6.45) is 3.20. The molecule has 1 atom stereocenters. The van der Waals surface area contributed by atoms with Crippen molar-refractivity contribution >= 4 is 11.8 Å². The Bertz CT molecular complexity index is 750. The van der Waals surface area contributed by atoms with E-state index in [2.05, 4.69) is 5.32 Å². The molecule has 1 fully saturated rings. The predicted molar refractivity (Wildman–Crippen MR) is 106 cm³/mol. The standard InChI is InChI=1S/C22H28N2O4/c1-16(2)20(23-21(25)19-9-6-14-27-19)22(26)24-12-10-18(11-13-24)28-15-17-7-4-3-5-8-17/h3-9,14,16,18,20H,10-13,15H2,1-2H3,(H,23,25). The Labute approximate surface area is 165 Å². The molecule has 6 heteroatoms. The third-order valence-electron chi connectivity index (χ3n) is 5.05. The quantitative estimate of drug-likeness (QED) is 0.795. The molecule has 0 aliphatic carbocycles. The molecule has 0 spiro atoms. The fourth-order valence-electron chi connectivity index (χ4n) is 3.36. The lowest BCUT2D eigenvalue weighted by Crippen LogP contribution is -2.53. The number of rotatable bonds is 7. The van der Waals surface area contributed by atoms with Gasteiger partial charge in [0.25, 0.3) is 5.91 Å². The second kappa shape index (κ2) is 9.55. The molecule has 1 aliphatic rings. The average Bonchev–Trinajstić information content (AvgIpc) is 3.26. The largest absolute Gasteiger partial charge is 0.459 e. The van der Waals surface area contributed by atoms with Crippen LogP contribution in [0.4, 0.5) is 0 Å². The summed E-state index contributed by atoms with van der Waals surface area (Å²) < 4.78 is 11.1. The maximum atomic E-state index is 13.0. The van der Waals surface area contributed by atoms with Gasteiger partial charge in [0.15, 0.2) is 5.76 Å². The fraction of sp³-hybridized carbons (Fsp3) is 0.455. The summed E-state index contributed by atoms with van der Waals surface area (Å²) in [6.45, 7) is 5.73. The Kier molecular flexibility index (Phi) is 6.87. The van der Waals surface area contributed by atoms with Crippen LogP contribution in [0.1, 0.15) is 42.8 Å². The maximum absolute atomic E-state index is 13.0. The molecule has 1 saturated heterocycles. The van der Waals surface area contributed by atoms with Crippen molar-refractivity contribution in [3.05, 3.63) is 60.1 Å². The number of furan rings is 1. The van der Waals surface area contributed by atoms with Crippen LogP contribution >= 0.6 is 0 Å². The van der Waals surface area contributed by atoms with Crippen molar-refractivity contribution in [1.29, 1.82) is 0 Å². The Morgan fingerprint density at radius 2 is 1.86 bits per heavy atom.